The molecule has 1 saturated carbocycles. The number of piperidine rings is 1. The average molecular weight is 568 g/mol. The van der Waals surface area contributed by atoms with Crippen molar-refractivity contribution in [2.45, 2.75) is 68.3 Å². The van der Waals surface area contributed by atoms with Gasteiger partial charge >= 0.3 is 6.09 Å². The number of carbonyl (C=O) groups is 1. The summed E-state index contributed by atoms with van der Waals surface area (Å²) in [6.45, 7) is 6.58. The van der Waals surface area contributed by atoms with Gasteiger partial charge in [-0.15, -0.1) is 10.2 Å². The number of halogens is 2. The van der Waals surface area contributed by atoms with Crippen LogP contribution in [0.5, 0.6) is 0 Å². The summed E-state index contributed by atoms with van der Waals surface area (Å²) >= 11 is 7.97. The molecule has 1 amide bonds. The molecule has 1 aliphatic carbocycles. The maximum absolute atomic E-state index is 12.5. The molecule has 2 fully saturated rings. The second-order valence-corrected chi connectivity index (χ2v) is 13.2. The third-order valence-electron chi connectivity index (χ3n) is 6.46. The summed E-state index contributed by atoms with van der Waals surface area (Å²) < 4.78 is 19.6. The molecule has 3 aromatic rings. The molecule has 0 aromatic carbocycles. The second-order valence-electron chi connectivity index (χ2n) is 10.1. The third-order valence-corrected chi connectivity index (χ3v) is 8.97. The number of carbonyl (C=O) groups excluding carboxylic acids is 1. The molecule has 4 heterocycles. The SMILES string of the molecule is CC(C)(C)OC(=O)N1CCC(c2cc(S(=O)Cl)cn3c(-c4nnc(C5(C#N)CC5)s4)nc(Cl)c23)CC1. The van der Waals surface area contributed by atoms with E-state index >= 15 is 0 Å². The van der Waals surface area contributed by atoms with Crippen molar-refractivity contribution < 1.29 is 13.7 Å². The normalized spacial score (nSPS) is 18.7. The lowest BCUT2D eigenvalue weighted by atomic mass is 9.89. The number of imidazole rings is 1. The fourth-order valence-electron chi connectivity index (χ4n) is 4.43. The molecule has 1 saturated heterocycles. The smallest absolute Gasteiger partial charge is 0.410 e. The van der Waals surface area contributed by atoms with Gasteiger partial charge in [0, 0.05) is 19.3 Å². The zero-order chi connectivity index (χ0) is 25.8. The van der Waals surface area contributed by atoms with Crippen molar-refractivity contribution in [3.63, 3.8) is 0 Å². The minimum atomic E-state index is -1.76. The number of amides is 1. The molecule has 0 spiro atoms. The number of pyridine rings is 1. The van der Waals surface area contributed by atoms with Crippen LogP contribution in [0, 0.1) is 11.3 Å². The zero-order valence-corrected chi connectivity index (χ0v) is 23.1. The number of nitriles is 1. The summed E-state index contributed by atoms with van der Waals surface area (Å²) in [5.41, 5.74) is 0.445. The van der Waals surface area contributed by atoms with Crippen LogP contribution in [0.1, 0.15) is 62.9 Å². The first kappa shape index (κ1) is 25.4. The van der Waals surface area contributed by atoms with E-state index < -0.39 is 21.0 Å². The van der Waals surface area contributed by atoms with E-state index in [2.05, 4.69) is 21.3 Å². The van der Waals surface area contributed by atoms with E-state index in [0.29, 0.717) is 57.3 Å². The summed E-state index contributed by atoms with van der Waals surface area (Å²) in [6.07, 6.45) is 4.22. The van der Waals surface area contributed by atoms with Crippen molar-refractivity contribution in [3.05, 3.63) is 28.0 Å². The van der Waals surface area contributed by atoms with Gasteiger partial charge in [0.25, 0.3) is 0 Å². The van der Waals surface area contributed by atoms with Crippen molar-refractivity contribution in [1.82, 2.24) is 24.5 Å². The number of hydrogen-bond acceptors (Lipinski definition) is 8. The molecule has 2 aliphatic rings. The van der Waals surface area contributed by atoms with Crippen molar-refractivity contribution in [3.8, 4) is 16.9 Å². The largest absolute Gasteiger partial charge is 0.444 e. The van der Waals surface area contributed by atoms with E-state index in [1.807, 2.05) is 26.8 Å². The third kappa shape index (κ3) is 4.72. The van der Waals surface area contributed by atoms with Gasteiger partial charge < -0.3 is 9.64 Å². The van der Waals surface area contributed by atoms with Gasteiger partial charge in [0.1, 0.15) is 26.0 Å². The second kappa shape index (κ2) is 9.24. The molecule has 1 atom stereocenters. The van der Waals surface area contributed by atoms with Crippen LogP contribution >= 0.6 is 33.6 Å². The van der Waals surface area contributed by atoms with E-state index in [1.54, 1.807) is 15.5 Å². The Bertz CT molecular complexity index is 1410. The minimum Gasteiger partial charge on any atom is -0.444 e. The highest BCUT2D eigenvalue weighted by Crippen LogP contribution is 2.49. The van der Waals surface area contributed by atoms with E-state index in [9.17, 15) is 14.3 Å². The number of fused-ring (bicyclic) bond motifs is 1. The number of hydrogen-bond donors (Lipinski definition) is 0. The van der Waals surface area contributed by atoms with Crippen LogP contribution in [0.25, 0.3) is 16.3 Å². The fraction of sp³-hybridized carbons (Fsp3) is 0.522. The van der Waals surface area contributed by atoms with Crippen molar-refractivity contribution in [1.29, 1.82) is 5.26 Å². The molecule has 1 unspecified atom stereocenters. The Morgan fingerprint density at radius 2 is 2.00 bits per heavy atom. The van der Waals surface area contributed by atoms with Crippen LogP contribution in [-0.2, 0) is 20.2 Å². The number of rotatable bonds is 4. The van der Waals surface area contributed by atoms with Gasteiger partial charge in [-0.05, 0) is 74.7 Å². The van der Waals surface area contributed by atoms with Gasteiger partial charge in [-0.3, -0.25) is 4.40 Å². The van der Waals surface area contributed by atoms with Gasteiger partial charge in [-0.2, -0.15) is 5.26 Å². The van der Waals surface area contributed by atoms with E-state index in [0.717, 1.165) is 18.4 Å². The Balaban J connectivity index is 1.49. The first-order chi connectivity index (χ1) is 17.0. The van der Waals surface area contributed by atoms with Gasteiger partial charge in [-0.1, -0.05) is 22.9 Å². The quantitative estimate of drug-likeness (QED) is 0.386. The summed E-state index contributed by atoms with van der Waals surface area (Å²) in [7, 11) is 4.25. The first-order valence-electron chi connectivity index (χ1n) is 11.5. The van der Waals surface area contributed by atoms with Crippen LogP contribution in [-0.4, -0.2) is 53.5 Å². The van der Waals surface area contributed by atoms with Crippen LogP contribution in [0.2, 0.25) is 5.15 Å². The van der Waals surface area contributed by atoms with Crippen molar-refractivity contribution in [2.24, 2.45) is 0 Å². The highest BCUT2D eigenvalue weighted by atomic mass is 35.7. The minimum absolute atomic E-state index is 0.0479. The maximum atomic E-state index is 12.5. The van der Waals surface area contributed by atoms with Crippen LogP contribution in [0.4, 0.5) is 4.79 Å². The summed E-state index contributed by atoms with van der Waals surface area (Å²) in [5, 5.41) is 19.5. The Labute approximate surface area is 224 Å². The highest BCUT2D eigenvalue weighted by molar-refractivity contribution is 8.08. The van der Waals surface area contributed by atoms with Gasteiger partial charge in [0.15, 0.2) is 16.0 Å². The molecule has 13 heteroatoms. The number of ether oxygens (including phenoxy) is 1. The molecule has 1 aliphatic heterocycles. The molecule has 5 rings (SSSR count). The van der Waals surface area contributed by atoms with E-state index in [4.69, 9.17) is 27.0 Å². The Kier molecular flexibility index (Phi) is 6.52. The molecule has 0 bridgehead atoms. The Hall–Kier alpha value is -2.26. The molecular formula is C23H24Cl2N6O3S2. The Morgan fingerprint density at radius 1 is 1.31 bits per heavy atom. The first-order valence-corrected chi connectivity index (χ1v) is 14.7. The van der Waals surface area contributed by atoms with E-state index in [1.165, 1.54) is 11.3 Å². The van der Waals surface area contributed by atoms with Crippen LogP contribution < -0.4 is 0 Å². The van der Waals surface area contributed by atoms with Gasteiger partial charge in [0.05, 0.1) is 16.5 Å². The topological polar surface area (TPSA) is 113 Å². The molecule has 36 heavy (non-hydrogen) atoms. The number of likely N-dealkylation sites (tertiary alicyclic amines) is 1. The molecular weight excluding hydrogens is 543 g/mol. The predicted molar refractivity (Wildman–Crippen MR) is 138 cm³/mol. The highest BCUT2D eigenvalue weighted by Gasteiger charge is 2.48. The molecule has 190 valence electrons. The monoisotopic (exact) mass is 566 g/mol. The van der Waals surface area contributed by atoms with Crippen LogP contribution in [0.3, 0.4) is 0 Å². The summed E-state index contributed by atoms with van der Waals surface area (Å²) in [5.74, 6) is 0.510. The molecule has 0 N–H and O–H groups in total. The predicted octanol–water partition coefficient (Wildman–Crippen LogP) is 5.44. The fourth-order valence-corrected chi connectivity index (χ4v) is 6.40. The number of nitrogens with zero attached hydrogens (tertiary/aromatic N) is 6. The van der Waals surface area contributed by atoms with Crippen LogP contribution in [0.15, 0.2) is 17.2 Å². The van der Waals surface area contributed by atoms with Gasteiger partial charge in [0.2, 0.25) is 0 Å². The van der Waals surface area contributed by atoms with Crippen molar-refractivity contribution in [2.75, 3.05) is 13.1 Å². The number of aromatic nitrogens is 4. The lowest BCUT2D eigenvalue weighted by Gasteiger charge is -2.34. The summed E-state index contributed by atoms with van der Waals surface area (Å²) in [6, 6.07) is 4.15. The summed E-state index contributed by atoms with van der Waals surface area (Å²) in [4.78, 5) is 19.2. The lowest BCUT2D eigenvalue weighted by molar-refractivity contribution is 0.0205. The van der Waals surface area contributed by atoms with Crippen molar-refractivity contribution >= 4 is 55.2 Å². The Morgan fingerprint density at radius 3 is 2.58 bits per heavy atom. The van der Waals surface area contributed by atoms with Gasteiger partial charge in [-0.25, -0.2) is 14.0 Å². The average Bonchev–Trinajstić information content (AvgIpc) is 3.34. The molecule has 9 nitrogen and oxygen atoms in total. The maximum Gasteiger partial charge on any atom is 0.410 e. The lowest BCUT2D eigenvalue weighted by Crippen LogP contribution is -2.41. The van der Waals surface area contributed by atoms with E-state index in [-0.39, 0.29) is 12.0 Å². The standard InChI is InChI=1S/C23H24Cl2N6O3S2/c1-22(2,3)34-21(32)30-8-4-13(5-9-30)15-10-14(36(25)33)11-31-16(15)17(24)27-18(31)19-28-29-20(35-19)23(12-26)6-7-23/h10-11,13H,4-9H2,1-3H3. The molecule has 3 aromatic heterocycles. The molecule has 0 radical (unpaired) electrons. The zero-order valence-electron chi connectivity index (χ0n) is 20.0.